The number of thioether (sulfide) groups is 1. The average Bonchev–Trinajstić information content (AvgIpc) is 3.06. The van der Waals surface area contributed by atoms with Gasteiger partial charge in [-0.25, -0.2) is 4.68 Å². The maximum atomic E-state index is 12.2. The normalized spacial score (nSPS) is 15.4. The zero-order valence-corrected chi connectivity index (χ0v) is 15.0. The van der Waals surface area contributed by atoms with E-state index in [4.69, 9.17) is 0 Å². The molecule has 1 heterocycles. The summed E-state index contributed by atoms with van der Waals surface area (Å²) in [6.45, 7) is 4.01. The largest absolute Gasteiger partial charge is 0.325 e. The molecule has 0 unspecified atom stereocenters. The molecular weight excluding hydrogens is 322 g/mol. The third kappa shape index (κ3) is 4.14. The Morgan fingerprint density at radius 2 is 2.08 bits per heavy atom. The van der Waals surface area contributed by atoms with Gasteiger partial charge in [0.05, 0.1) is 11.8 Å². The van der Waals surface area contributed by atoms with E-state index >= 15 is 0 Å². The van der Waals surface area contributed by atoms with Crippen LogP contribution in [0, 0.1) is 13.8 Å². The summed E-state index contributed by atoms with van der Waals surface area (Å²) in [5.74, 6) is 0.271. The van der Waals surface area contributed by atoms with Crippen LogP contribution in [0.5, 0.6) is 0 Å². The molecule has 1 amide bonds. The fraction of sp³-hybridized carbons (Fsp3) is 0.529. The van der Waals surface area contributed by atoms with Crippen LogP contribution in [0.2, 0.25) is 0 Å². The summed E-state index contributed by atoms with van der Waals surface area (Å²) in [7, 11) is 0. The minimum atomic E-state index is -0.0353. The van der Waals surface area contributed by atoms with E-state index in [0.29, 0.717) is 11.8 Å². The van der Waals surface area contributed by atoms with Crippen LogP contribution in [0.1, 0.15) is 49.3 Å². The number of nitrogens with zero attached hydrogens (tertiary/aromatic N) is 4. The lowest BCUT2D eigenvalue weighted by Crippen LogP contribution is -2.18. The quantitative estimate of drug-likeness (QED) is 0.839. The van der Waals surface area contributed by atoms with Crippen LogP contribution in [0.15, 0.2) is 23.4 Å². The molecule has 24 heavy (non-hydrogen) atoms. The molecule has 7 heteroatoms. The Hall–Kier alpha value is -1.89. The number of benzene rings is 1. The number of aromatic nitrogens is 4. The van der Waals surface area contributed by atoms with Gasteiger partial charge in [0, 0.05) is 5.69 Å². The fourth-order valence-corrected chi connectivity index (χ4v) is 3.77. The first-order valence-electron chi connectivity index (χ1n) is 8.41. The third-order valence-corrected chi connectivity index (χ3v) is 5.32. The highest BCUT2D eigenvalue weighted by Gasteiger charge is 2.20. The standard InChI is InChI=1S/C17H23N5OS/c1-12-8-9-13(2)15(10-12)18-16(23)11-24-17-19-20-21-22(17)14-6-4-3-5-7-14/h8-10,14H,3-7,11H2,1-2H3,(H,18,23). The summed E-state index contributed by atoms with van der Waals surface area (Å²) < 4.78 is 1.90. The van der Waals surface area contributed by atoms with Crippen molar-refractivity contribution in [3.05, 3.63) is 29.3 Å². The predicted molar refractivity (Wildman–Crippen MR) is 95.2 cm³/mol. The molecule has 0 bridgehead atoms. The average molecular weight is 345 g/mol. The lowest BCUT2D eigenvalue weighted by atomic mass is 9.96. The number of tetrazole rings is 1. The molecule has 2 aromatic rings. The molecule has 1 fully saturated rings. The van der Waals surface area contributed by atoms with E-state index in [0.717, 1.165) is 34.8 Å². The van der Waals surface area contributed by atoms with E-state index < -0.39 is 0 Å². The van der Waals surface area contributed by atoms with Crippen molar-refractivity contribution in [3.8, 4) is 0 Å². The van der Waals surface area contributed by atoms with Crippen LogP contribution in [0.25, 0.3) is 0 Å². The number of hydrogen-bond acceptors (Lipinski definition) is 5. The molecule has 1 aromatic carbocycles. The second-order valence-electron chi connectivity index (χ2n) is 6.35. The van der Waals surface area contributed by atoms with Crippen molar-refractivity contribution in [1.82, 2.24) is 20.2 Å². The lowest BCUT2D eigenvalue weighted by Gasteiger charge is -2.21. The van der Waals surface area contributed by atoms with Crippen molar-refractivity contribution in [2.24, 2.45) is 0 Å². The van der Waals surface area contributed by atoms with Crippen LogP contribution in [0.3, 0.4) is 0 Å². The molecule has 0 atom stereocenters. The molecule has 1 saturated carbocycles. The molecule has 1 aliphatic rings. The van der Waals surface area contributed by atoms with E-state index in [9.17, 15) is 4.79 Å². The second-order valence-corrected chi connectivity index (χ2v) is 7.30. The Morgan fingerprint density at radius 3 is 2.88 bits per heavy atom. The number of carbonyl (C=O) groups is 1. The van der Waals surface area contributed by atoms with E-state index in [1.165, 1.54) is 31.0 Å². The summed E-state index contributed by atoms with van der Waals surface area (Å²) in [4.78, 5) is 12.2. The van der Waals surface area contributed by atoms with Crippen molar-refractivity contribution in [1.29, 1.82) is 0 Å². The molecule has 1 aliphatic carbocycles. The first-order valence-corrected chi connectivity index (χ1v) is 9.40. The van der Waals surface area contributed by atoms with Gasteiger partial charge in [-0.3, -0.25) is 4.79 Å². The number of hydrogen-bond donors (Lipinski definition) is 1. The first-order chi connectivity index (χ1) is 11.6. The van der Waals surface area contributed by atoms with Crippen molar-refractivity contribution >= 4 is 23.4 Å². The van der Waals surface area contributed by atoms with Gasteiger partial charge < -0.3 is 5.32 Å². The van der Waals surface area contributed by atoms with Gasteiger partial charge in [-0.05, 0) is 54.3 Å². The third-order valence-electron chi connectivity index (χ3n) is 4.38. The van der Waals surface area contributed by atoms with E-state index in [1.807, 2.05) is 36.7 Å². The van der Waals surface area contributed by atoms with Gasteiger partial charge >= 0.3 is 0 Å². The molecule has 0 radical (unpaired) electrons. The monoisotopic (exact) mass is 345 g/mol. The highest BCUT2D eigenvalue weighted by atomic mass is 32.2. The van der Waals surface area contributed by atoms with Gasteiger partial charge in [0.2, 0.25) is 11.1 Å². The lowest BCUT2D eigenvalue weighted by molar-refractivity contribution is -0.113. The van der Waals surface area contributed by atoms with Crippen LogP contribution in [0.4, 0.5) is 5.69 Å². The number of rotatable bonds is 5. The summed E-state index contributed by atoms with van der Waals surface area (Å²) >= 11 is 1.40. The summed E-state index contributed by atoms with van der Waals surface area (Å²) in [6.07, 6.45) is 5.98. The highest BCUT2D eigenvalue weighted by molar-refractivity contribution is 7.99. The Morgan fingerprint density at radius 1 is 1.29 bits per heavy atom. The van der Waals surface area contributed by atoms with E-state index in [-0.39, 0.29) is 5.91 Å². The highest BCUT2D eigenvalue weighted by Crippen LogP contribution is 2.30. The molecular formula is C17H23N5OS. The van der Waals surface area contributed by atoms with Gasteiger partial charge in [-0.2, -0.15) is 0 Å². The zero-order valence-electron chi connectivity index (χ0n) is 14.2. The van der Waals surface area contributed by atoms with Gasteiger partial charge in [0.25, 0.3) is 0 Å². The van der Waals surface area contributed by atoms with Crippen LogP contribution < -0.4 is 5.32 Å². The molecule has 3 rings (SSSR count). The van der Waals surface area contributed by atoms with E-state index in [1.54, 1.807) is 0 Å². The minimum absolute atomic E-state index is 0.0353. The number of nitrogens with one attached hydrogen (secondary N) is 1. The SMILES string of the molecule is Cc1ccc(C)c(NC(=O)CSc2nnnn2C2CCCCC2)c1. The molecule has 0 aliphatic heterocycles. The second kappa shape index (κ2) is 7.79. The van der Waals surface area contributed by atoms with Crippen molar-refractivity contribution in [3.63, 3.8) is 0 Å². The maximum absolute atomic E-state index is 12.2. The van der Waals surface area contributed by atoms with Crippen molar-refractivity contribution < 1.29 is 4.79 Å². The first kappa shape index (κ1) is 17.0. The topological polar surface area (TPSA) is 72.7 Å². The van der Waals surface area contributed by atoms with Crippen molar-refractivity contribution in [2.45, 2.75) is 57.1 Å². The van der Waals surface area contributed by atoms with Gasteiger partial charge in [-0.1, -0.05) is 43.2 Å². The molecule has 1 aromatic heterocycles. The molecule has 0 saturated heterocycles. The Labute approximate surface area is 146 Å². The van der Waals surface area contributed by atoms with Gasteiger partial charge in [0.15, 0.2) is 0 Å². The number of amides is 1. The van der Waals surface area contributed by atoms with Crippen LogP contribution >= 0.6 is 11.8 Å². The Balaban J connectivity index is 1.59. The van der Waals surface area contributed by atoms with Crippen LogP contribution in [-0.2, 0) is 4.79 Å². The summed E-state index contributed by atoms with van der Waals surface area (Å²) in [5.41, 5.74) is 3.06. The van der Waals surface area contributed by atoms with E-state index in [2.05, 4.69) is 20.8 Å². The summed E-state index contributed by atoms with van der Waals surface area (Å²) in [5, 5.41) is 15.7. The number of anilines is 1. The van der Waals surface area contributed by atoms with Gasteiger partial charge in [0.1, 0.15) is 0 Å². The minimum Gasteiger partial charge on any atom is -0.325 e. The molecule has 6 nitrogen and oxygen atoms in total. The summed E-state index contributed by atoms with van der Waals surface area (Å²) in [6, 6.07) is 6.42. The van der Waals surface area contributed by atoms with Crippen LogP contribution in [-0.4, -0.2) is 31.9 Å². The smallest absolute Gasteiger partial charge is 0.234 e. The number of carbonyl (C=O) groups excluding carboxylic acids is 1. The Kier molecular flexibility index (Phi) is 5.50. The fourth-order valence-electron chi connectivity index (χ4n) is 3.02. The predicted octanol–water partition coefficient (Wildman–Crippen LogP) is 3.53. The Bertz CT molecular complexity index is 709. The molecule has 128 valence electrons. The molecule has 1 N–H and O–H groups in total. The van der Waals surface area contributed by atoms with Crippen molar-refractivity contribution in [2.75, 3.05) is 11.1 Å². The zero-order chi connectivity index (χ0) is 16.9. The van der Waals surface area contributed by atoms with Gasteiger partial charge in [-0.15, -0.1) is 5.10 Å². The number of aryl methyl sites for hydroxylation is 2. The molecule has 0 spiro atoms. The maximum Gasteiger partial charge on any atom is 0.234 e.